The Morgan fingerprint density at radius 3 is 2.56 bits per heavy atom. The summed E-state index contributed by atoms with van der Waals surface area (Å²) in [5.41, 5.74) is 3.52. The fourth-order valence-electron chi connectivity index (χ4n) is 2.67. The lowest BCUT2D eigenvalue weighted by Gasteiger charge is -2.07. The number of carbonyl (C=O) groups excluding carboxylic acids is 1. The van der Waals surface area contributed by atoms with E-state index in [1.807, 2.05) is 48.5 Å². The minimum atomic E-state index is -0.0678. The molecular formula is C20H19ClN2O2. The monoisotopic (exact) mass is 354 g/mol. The van der Waals surface area contributed by atoms with Crippen molar-refractivity contribution in [1.29, 1.82) is 0 Å². The molecule has 4 nitrogen and oxygen atoms in total. The van der Waals surface area contributed by atoms with E-state index in [0.717, 1.165) is 22.0 Å². The number of aromatic nitrogens is 1. The van der Waals surface area contributed by atoms with Crippen molar-refractivity contribution in [2.24, 2.45) is 0 Å². The number of hydrogen-bond donors (Lipinski definition) is 2. The van der Waals surface area contributed by atoms with Crippen LogP contribution in [0, 0.1) is 6.92 Å². The lowest BCUT2D eigenvalue weighted by molar-refractivity contribution is -0.121. The Balaban J connectivity index is 1.58. The Morgan fingerprint density at radius 1 is 1.08 bits per heavy atom. The van der Waals surface area contributed by atoms with Crippen LogP contribution in [-0.2, 0) is 17.8 Å². The Bertz CT molecular complexity index is 962. The molecule has 2 N–H and O–H groups in total. The zero-order valence-electron chi connectivity index (χ0n) is 13.9. The molecule has 0 aliphatic carbocycles. The van der Waals surface area contributed by atoms with Crippen molar-refractivity contribution < 1.29 is 4.79 Å². The second-order valence-corrected chi connectivity index (χ2v) is 6.54. The molecule has 3 aromatic rings. The summed E-state index contributed by atoms with van der Waals surface area (Å²) in [6.45, 7) is 2.28. The number of carbonyl (C=O) groups is 1. The van der Waals surface area contributed by atoms with Crippen LogP contribution in [0.25, 0.3) is 10.9 Å². The van der Waals surface area contributed by atoms with Crippen molar-refractivity contribution >= 4 is 28.4 Å². The molecule has 25 heavy (non-hydrogen) atoms. The van der Waals surface area contributed by atoms with Crippen LogP contribution in [0.3, 0.4) is 0 Å². The first-order valence-corrected chi connectivity index (χ1v) is 8.53. The summed E-state index contributed by atoms with van der Waals surface area (Å²) in [5, 5.41) is 4.58. The van der Waals surface area contributed by atoms with Crippen molar-refractivity contribution in [3.63, 3.8) is 0 Å². The first-order valence-electron chi connectivity index (χ1n) is 8.15. The van der Waals surface area contributed by atoms with Gasteiger partial charge in [0.1, 0.15) is 0 Å². The number of rotatable bonds is 5. The highest BCUT2D eigenvalue weighted by Gasteiger charge is 2.05. The van der Waals surface area contributed by atoms with Gasteiger partial charge in [0.25, 0.3) is 5.56 Å². The van der Waals surface area contributed by atoms with Crippen LogP contribution >= 0.6 is 11.6 Å². The topological polar surface area (TPSA) is 62.0 Å². The quantitative estimate of drug-likeness (QED) is 0.733. The van der Waals surface area contributed by atoms with E-state index in [1.165, 1.54) is 0 Å². The van der Waals surface area contributed by atoms with E-state index in [2.05, 4.69) is 10.3 Å². The third-order valence-corrected chi connectivity index (χ3v) is 4.39. The fraction of sp³-hybridized carbons (Fsp3) is 0.200. The number of H-pyrrole nitrogens is 1. The van der Waals surface area contributed by atoms with Gasteiger partial charge < -0.3 is 10.3 Å². The van der Waals surface area contributed by atoms with Gasteiger partial charge in [0.2, 0.25) is 5.91 Å². The van der Waals surface area contributed by atoms with Gasteiger partial charge in [0.15, 0.2) is 0 Å². The highest BCUT2D eigenvalue weighted by Crippen LogP contribution is 2.15. The van der Waals surface area contributed by atoms with Crippen LogP contribution in [0.1, 0.15) is 23.1 Å². The summed E-state index contributed by atoms with van der Waals surface area (Å²) in [7, 11) is 0. The summed E-state index contributed by atoms with van der Waals surface area (Å²) < 4.78 is 0. The standard InChI is InChI=1S/C20H19ClN2O2/c1-13-10-16-11-14(4-8-18(16)23-20(13)25)5-9-19(24)22-12-15-2-6-17(21)7-3-15/h2-4,6-8,10-11H,5,9,12H2,1H3,(H,22,24)(H,23,25). The van der Waals surface area contributed by atoms with E-state index >= 15 is 0 Å². The van der Waals surface area contributed by atoms with E-state index in [4.69, 9.17) is 11.6 Å². The van der Waals surface area contributed by atoms with Gasteiger partial charge in [-0.2, -0.15) is 0 Å². The molecule has 0 radical (unpaired) electrons. The van der Waals surface area contributed by atoms with Crippen LogP contribution in [0.4, 0.5) is 0 Å². The maximum Gasteiger partial charge on any atom is 0.251 e. The highest BCUT2D eigenvalue weighted by atomic mass is 35.5. The number of amides is 1. The molecule has 1 aromatic heterocycles. The highest BCUT2D eigenvalue weighted by molar-refractivity contribution is 6.30. The number of aromatic amines is 1. The van der Waals surface area contributed by atoms with Gasteiger partial charge in [-0.15, -0.1) is 0 Å². The SMILES string of the molecule is Cc1cc2cc(CCC(=O)NCc3ccc(Cl)cc3)ccc2[nH]c1=O. The summed E-state index contributed by atoms with van der Waals surface area (Å²) in [6, 6.07) is 15.1. The third kappa shape index (κ3) is 4.48. The van der Waals surface area contributed by atoms with E-state index in [1.54, 1.807) is 6.92 Å². The van der Waals surface area contributed by atoms with Gasteiger partial charge in [0, 0.05) is 29.1 Å². The number of aryl methyl sites for hydroxylation is 2. The minimum Gasteiger partial charge on any atom is -0.352 e. The van der Waals surface area contributed by atoms with Gasteiger partial charge in [-0.05, 0) is 60.2 Å². The molecule has 1 amide bonds. The molecule has 0 spiro atoms. The molecule has 0 bridgehead atoms. The fourth-order valence-corrected chi connectivity index (χ4v) is 2.80. The predicted octanol–water partition coefficient (Wildman–Crippen LogP) is 3.74. The van der Waals surface area contributed by atoms with Gasteiger partial charge in [-0.25, -0.2) is 0 Å². The minimum absolute atomic E-state index is 0.00713. The Morgan fingerprint density at radius 2 is 1.80 bits per heavy atom. The van der Waals surface area contributed by atoms with Crippen LogP contribution in [0.2, 0.25) is 5.02 Å². The average molecular weight is 355 g/mol. The molecule has 0 saturated heterocycles. The second-order valence-electron chi connectivity index (χ2n) is 6.11. The molecule has 0 atom stereocenters. The van der Waals surface area contributed by atoms with E-state index in [-0.39, 0.29) is 11.5 Å². The van der Waals surface area contributed by atoms with Crippen LogP contribution in [0.5, 0.6) is 0 Å². The average Bonchev–Trinajstić information content (AvgIpc) is 2.60. The van der Waals surface area contributed by atoms with Gasteiger partial charge >= 0.3 is 0 Å². The molecule has 0 aliphatic heterocycles. The maximum atomic E-state index is 12.0. The van der Waals surface area contributed by atoms with Crippen LogP contribution < -0.4 is 10.9 Å². The van der Waals surface area contributed by atoms with E-state index in [0.29, 0.717) is 30.0 Å². The van der Waals surface area contributed by atoms with E-state index in [9.17, 15) is 9.59 Å². The molecule has 1 heterocycles. The zero-order valence-corrected chi connectivity index (χ0v) is 14.7. The normalized spacial score (nSPS) is 10.8. The lowest BCUT2D eigenvalue weighted by Crippen LogP contribution is -2.22. The first-order chi connectivity index (χ1) is 12.0. The van der Waals surface area contributed by atoms with Crippen LogP contribution in [0.15, 0.2) is 53.3 Å². The predicted molar refractivity (Wildman–Crippen MR) is 101 cm³/mol. The zero-order chi connectivity index (χ0) is 17.8. The Labute approximate surface area is 150 Å². The van der Waals surface area contributed by atoms with Gasteiger partial charge in [-0.3, -0.25) is 9.59 Å². The van der Waals surface area contributed by atoms with Gasteiger partial charge in [0.05, 0.1) is 0 Å². The molecule has 5 heteroatoms. The molecular weight excluding hydrogens is 336 g/mol. The van der Waals surface area contributed by atoms with E-state index < -0.39 is 0 Å². The molecule has 3 rings (SSSR count). The third-order valence-electron chi connectivity index (χ3n) is 4.14. The molecule has 0 saturated carbocycles. The van der Waals surface area contributed by atoms with Crippen molar-refractivity contribution in [1.82, 2.24) is 10.3 Å². The number of pyridine rings is 1. The molecule has 0 unspecified atom stereocenters. The Hall–Kier alpha value is -2.59. The second kappa shape index (κ2) is 7.53. The molecule has 2 aromatic carbocycles. The first kappa shape index (κ1) is 17.2. The number of nitrogens with one attached hydrogen (secondary N) is 2. The smallest absolute Gasteiger partial charge is 0.251 e. The van der Waals surface area contributed by atoms with Crippen molar-refractivity contribution in [2.45, 2.75) is 26.3 Å². The van der Waals surface area contributed by atoms with Crippen molar-refractivity contribution in [3.8, 4) is 0 Å². The summed E-state index contributed by atoms with van der Waals surface area (Å²) in [6.07, 6.45) is 1.07. The largest absolute Gasteiger partial charge is 0.352 e. The lowest BCUT2D eigenvalue weighted by atomic mass is 10.1. The number of hydrogen-bond acceptors (Lipinski definition) is 2. The number of halogens is 1. The molecule has 0 fully saturated rings. The molecule has 128 valence electrons. The number of benzene rings is 2. The summed E-state index contributed by atoms with van der Waals surface area (Å²) in [4.78, 5) is 26.5. The van der Waals surface area contributed by atoms with Crippen LogP contribution in [-0.4, -0.2) is 10.9 Å². The Kier molecular flexibility index (Phi) is 5.19. The number of fused-ring (bicyclic) bond motifs is 1. The maximum absolute atomic E-state index is 12.0. The van der Waals surface area contributed by atoms with Crippen molar-refractivity contribution in [3.05, 3.63) is 80.6 Å². The van der Waals surface area contributed by atoms with Crippen molar-refractivity contribution in [2.75, 3.05) is 0 Å². The van der Waals surface area contributed by atoms with Gasteiger partial charge in [-0.1, -0.05) is 29.8 Å². The summed E-state index contributed by atoms with van der Waals surface area (Å²) in [5.74, 6) is 0.00713. The molecule has 0 aliphatic rings. The summed E-state index contributed by atoms with van der Waals surface area (Å²) >= 11 is 5.84.